The number of guanidine groups is 1. The molecule has 0 spiro atoms. The summed E-state index contributed by atoms with van der Waals surface area (Å²) in [6.45, 7) is 6.48. The highest BCUT2D eigenvalue weighted by Crippen LogP contribution is 2.10. The number of aliphatic imine (C=N–C) groups is 1. The standard InChI is InChI=1S/C24H32N4O2/c1-2-25-24(27-17-23(29)28-13-6-7-14-28)26-16-21-11-8-12-22(15-21)19-30-18-20-9-4-3-5-10-20/h3-5,8-12,15H,2,6-7,13-14,16-19H2,1H3,(H2,25,26,27). The lowest BCUT2D eigenvalue weighted by Crippen LogP contribution is -2.44. The topological polar surface area (TPSA) is 66.0 Å². The van der Waals surface area contributed by atoms with Crippen LogP contribution in [0.15, 0.2) is 59.6 Å². The Morgan fingerprint density at radius 1 is 0.967 bits per heavy atom. The van der Waals surface area contributed by atoms with Gasteiger partial charge in [-0.15, -0.1) is 0 Å². The van der Waals surface area contributed by atoms with E-state index in [9.17, 15) is 4.79 Å². The van der Waals surface area contributed by atoms with Crippen molar-refractivity contribution < 1.29 is 9.53 Å². The van der Waals surface area contributed by atoms with Gasteiger partial charge in [0.25, 0.3) is 0 Å². The molecule has 160 valence electrons. The van der Waals surface area contributed by atoms with E-state index in [1.165, 1.54) is 5.56 Å². The van der Waals surface area contributed by atoms with Gasteiger partial charge in [-0.25, -0.2) is 4.99 Å². The lowest BCUT2D eigenvalue weighted by atomic mass is 10.1. The molecule has 1 aliphatic heterocycles. The van der Waals surface area contributed by atoms with Gasteiger partial charge in [0.15, 0.2) is 5.96 Å². The molecule has 1 saturated heterocycles. The maximum Gasteiger partial charge on any atom is 0.241 e. The van der Waals surface area contributed by atoms with Crippen LogP contribution in [0.3, 0.4) is 0 Å². The minimum atomic E-state index is 0.135. The van der Waals surface area contributed by atoms with Crippen LogP contribution in [-0.2, 0) is 29.3 Å². The number of nitrogens with zero attached hydrogens (tertiary/aromatic N) is 2. The minimum Gasteiger partial charge on any atom is -0.372 e. The normalized spacial score (nSPS) is 14.0. The Kier molecular flexibility index (Phi) is 8.72. The zero-order chi connectivity index (χ0) is 21.0. The molecule has 0 saturated carbocycles. The third-order valence-electron chi connectivity index (χ3n) is 5.00. The largest absolute Gasteiger partial charge is 0.372 e. The van der Waals surface area contributed by atoms with Gasteiger partial charge < -0.3 is 20.3 Å². The molecule has 0 atom stereocenters. The average molecular weight is 409 g/mol. The van der Waals surface area contributed by atoms with Gasteiger partial charge >= 0.3 is 0 Å². The molecule has 1 amide bonds. The lowest BCUT2D eigenvalue weighted by Gasteiger charge is -2.17. The smallest absolute Gasteiger partial charge is 0.241 e. The van der Waals surface area contributed by atoms with Gasteiger partial charge in [-0.05, 0) is 36.5 Å². The molecule has 30 heavy (non-hydrogen) atoms. The maximum absolute atomic E-state index is 12.2. The number of carbonyl (C=O) groups excluding carboxylic acids is 1. The van der Waals surface area contributed by atoms with Crippen molar-refractivity contribution in [3.8, 4) is 0 Å². The zero-order valence-electron chi connectivity index (χ0n) is 17.8. The van der Waals surface area contributed by atoms with Crippen molar-refractivity contribution in [2.45, 2.75) is 39.5 Å². The summed E-state index contributed by atoms with van der Waals surface area (Å²) in [4.78, 5) is 18.8. The molecule has 3 rings (SSSR count). The Labute approximate surface area is 179 Å². The number of amides is 1. The van der Waals surface area contributed by atoms with Crippen molar-refractivity contribution >= 4 is 11.9 Å². The van der Waals surface area contributed by atoms with E-state index in [4.69, 9.17) is 4.74 Å². The fraction of sp³-hybridized carbons (Fsp3) is 0.417. The van der Waals surface area contributed by atoms with E-state index >= 15 is 0 Å². The Morgan fingerprint density at radius 2 is 1.67 bits per heavy atom. The highest BCUT2D eigenvalue weighted by molar-refractivity contribution is 5.86. The highest BCUT2D eigenvalue weighted by atomic mass is 16.5. The number of carbonyl (C=O) groups is 1. The predicted molar refractivity (Wildman–Crippen MR) is 120 cm³/mol. The molecule has 0 aromatic heterocycles. The second-order valence-corrected chi connectivity index (χ2v) is 7.43. The minimum absolute atomic E-state index is 0.135. The van der Waals surface area contributed by atoms with Crippen molar-refractivity contribution in [1.82, 2.24) is 15.5 Å². The number of likely N-dealkylation sites (tertiary alicyclic amines) is 1. The van der Waals surface area contributed by atoms with Gasteiger partial charge in [0.1, 0.15) is 0 Å². The van der Waals surface area contributed by atoms with Crippen molar-refractivity contribution in [1.29, 1.82) is 0 Å². The summed E-state index contributed by atoms with van der Waals surface area (Å²) in [6.07, 6.45) is 2.20. The third-order valence-corrected chi connectivity index (χ3v) is 5.00. The third kappa shape index (κ3) is 7.19. The first-order valence-corrected chi connectivity index (χ1v) is 10.7. The summed E-state index contributed by atoms with van der Waals surface area (Å²) in [5.41, 5.74) is 3.41. The highest BCUT2D eigenvalue weighted by Gasteiger charge is 2.17. The van der Waals surface area contributed by atoms with E-state index in [0.29, 0.717) is 25.7 Å². The van der Waals surface area contributed by atoms with Crippen LogP contribution < -0.4 is 10.6 Å². The molecule has 2 aromatic carbocycles. The molecule has 2 aromatic rings. The quantitative estimate of drug-likeness (QED) is 0.494. The van der Waals surface area contributed by atoms with E-state index < -0.39 is 0 Å². The van der Waals surface area contributed by atoms with Gasteiger partial charge in [-0.1, -0.05) is 54.6 Å². The van der Waals surface area contributed by atoms with Crippen LogP contribution in [0.5, 0.6) is 0 Å². The molecule has 0 aliphatic carbocycles. The molecular weight excluding hydrogens is 376 g/mol. The van der Waals surface area contributed by atoms with Crippen LogP contribution in [-0.4, -0.2) is 42.9 Å². The first-order chi connectivity index (χ1) is 14.7. The number of ether oxygens (including phenoxy) is 1. The summed E-state index contributed by atoms with van der Waals surface area (Å²) in [5, 5.41) is 6.37. The Hall–Kier alpha value is -2.86. The molecule has 6 nitrogen and oxygen atoms in total. The van der Waals surface area contributed by atoms with E-state index in [1.54, 1.807) is 0 Å². The van der Waals surface area contributed by atoms with Crippen LogP contribution >= 0.6 is 0 Å². The first-order valence-electron chi connectivity index (χ1n) is 10.7. The van der Waals surface area contributed by atoms with Crippen molar-refractivity contribution in [2.75, 3.05) is 26.2 Å². The summed E-state index contributed by atoms with van der Waals surface area (Å²) < 4.78 is 5.84. The number of hydrogen-bond acceptors (Lipinski definition) is 3. The summed E-state index contributed by atoms with van der Waals surface area (Å²) >= 11 is 0. The molecule has 0 unspecified atom stereocenters. The number of rotatable bonds is 9. The Morgan fingerprint density at radius 3 is 2.43 bits per heavy atom. The van der Waals surface area contributed by atoms with E-state index in [1.807, 2.05) is 36.1 Å². The van der Waals surface area contributed by atoms with Crippen molar-refractivity contribution in [2.24, 2.45) is 4.99 Å². The molecule has 0 bridgehead atoms. The van der Waals surface area contributed by atoms with Gasteiger partial charge in [0.2, 0.25) is 5.91 Å². The van der Waals surface area contributed by atoms with Crippen LogP contribution in [0.1, 0.15) is 36.5 Å². The molecule has 0 radical (unpaired) electrons. The number of benzene rings is 2. The first kappa shape index (κ1) is 21.8. The van der Waals surface area contributed by atoms with Gasteiger partial charge in [0.05, 0.1) is 26.3 Å². The SMILES string of the molecule is CCNC(=NCc1cccc(COCc2ccccc2)c1)NCC(=O)N1CCCC1. The van der Waals surface area contributed by atoms with E-state index in [0.717, 1.165) is 43.6 Å². The summed E-state index contributed by atoms with van der Waals surface area (Å²) in [6, 6.07) is 18.4. The average Bonchev–Trinajstić information content (AvgIpc) is 3.32. The molecule has 1 fully saturated rings. The van der Waals surface area contributed by atoms with Gasteiger partial charge in [-0.2, -0.15) is 0 Å². The van der Waals surface area contributed by atoms with Crippen molar-refractivity contribution in [3.63, 3.8) is 0 Å². The van der Waals surface area contributed by atoms with Crippen LogP contribution in [0.2, 0.25) is 0 Å². The molecule has 1 aliphatic rings. The van der Waals surface area contributed by atoms with Crippen LogP contribution in [0.4, 0.5) is 0 Å². The van der Waals surface area contributed by atoms with Crippen LogP contribution in [0, 0.1) is 0 Å². The molecule has 2 N–H and O–H groups in total. The lowest BCUT2D eigenvalue weighted by molar-refractivity contribution is -0.128. The van der Waals surface area contributed by atoms with Crippen LogP contribution in [0.25, 0.3) is 0 Å². The Bertz CT molecular complexity index is 817. The summed E-state index contributed by atoms with van der Waals surface area (Å²) in [7, 11) is 0. The zero-order valence-corrected chi connectivity index (χ0v) is 17.8. The molecule has 6 heteroatoms. The molecular formula is C24H32N4O2. The van der Waals surface area contributed by atoms with Gasteiger partial charge in [-0.3, -0.25) is 4.79 Å². The monoisotopic (exact) mass is 408 g/mol. The fourth-order valence-corrected chi connectivity index (χ4v) is 3.43. The fourth-order valence-electron chi connectivity index (χ4n) is 3.43. The maximum atomic E-state index is 12.2. The Balaban J connectivity index is 1.49. The summed E-state index contributed by atoms with van der Waals surface area (Å²) in [5.74, 6) is 0.798. The second-order valence-electron chi connectivity index (χ2n) is 7.43. The number of hydrogen-bond donors (Lipinski definition) is 2. The van der Waals surface area contributed by atoms with E-state index in [2.05, 4.69) is 46.0 Å². The van der Waals surface area contributed by atoms with Crippen molar-refractivity contribution in [3.05, 3.63) is 71.3 Å². The molecule has 1 heterocycles. The second kappa shape index (κ2) is 12.0. The predicted octanol–water partition coefficient (Wildman–Crippen LogP) is 3.08. The number of nitrogens with one attached hydrogen (secondary N) is 2. The van der Waals surface area contributed by atoms with E-state index in [-0.39, 0.29) is 12.5 Å². The van der Waals surface area contributed by atoms with Gasteiger partial charge in [0, 0.05) is 19.6 Å².